The highest BCUT2D eigenvalue weighted by Crippen LogP contribution is 2.20. The Labute approximate surface area is 119 Å². The average Bonchev–Trinajstić information content (AvgIpc) is 2.39. The molecule has 19 heavy (non-hydrogen) atoms. The van der Waals surface area contributed by atoms with Crippen molar-refractivity contribution in [1.82, 2.24) is 10.2 Å². The molecule has 4 heteroatoms. The summed E-state index contributed by atoms with van der Waals surface area (Å²) in [6.07, 6.45) is 0.963. The number of benzene rings is 1. The summed E-state index contributed by atoms with van der Waals surface area (Å²) in [6.45, 7) is 6.90. The SMILES string of the molecule is Cc1cccc(CCNc2nnc(Cl)c(C)c2C)c1. The summed E-state index contributed by atoms with van der Waals surface area (Å²) >= 11 is 5.93. The fraction of sp³-hybridized carbons (Fsp3) is 0.333. The highest BCUT2D eigenvalue weighted by Gasteiger charge is 2.07. The van der Waals surface area contributed by atoms with Gasteiger partial charge in [0.25, 0.3) is 0 Å². The maximum atomic E-state index is 5.93. The summed E-state index contributed by atoms with van der Waals surface area (Å²) in [5.41, 5.74) is 4.65. The molecule has 0 spiro atoms. The van der Waals surface area contributed by atoms with Gasteiger partial charge in [-0.1, -0.05) is 41.4 Å². The molecule has 0 aliphatic rings. The Morgan fingerprint density at radius 3 is 2.63 bits per heavy atom. The van der Waals surface area contributed by atoms with Crippen LogP contribution in [0.4, 0.5) is 5.82 Å². The zero-order valence-corrected chi connectivity index (χ0v) is 12.3. The molecule has 0 amide bonds. The van der Waals surface area contributed by atoms with Crippen LogP contribution in [-0.4, -0.2) is 16.7 Å². The van der Waals surface area contributed by atoms with E-state index in [1.165, 1.54) is 11.1 Å². The molecule has 100 valence electrons. The topological polar surface area (TPSA) is 37.8 Å². The number of nitrogens with zero attached hydrogens (tertiary/aromatic N) is 2. The average molecular weight is 276 g/mol. The van der Waals surface area contributed by atoms with Gasteiger partial charge in [0.05, 0.1) is 0 Å². The van der Waals surface area contributed by atoms with Crippen LogP contribution in [0.25, 0.3) is 0 Å². The van der Waals surface area contributed by atoms with E-state index in [1.807, 2.05) is 13.8 Å². The third kappa shape index (κ3) is 3.44. The lowest BCUT2D eigenvalue weighted by Crippen LogP contribution is -2.09. The zero-order chi connectivity index (χ0) is 13.8. The van der Waals surface area contributed by atoms with Gasteiger partial charge in [0.2, 0.25) is 0 Å². The predicted molar refractivity (Wildman–Crippen MR) is 79.9 cm³/mol. The van der Waals surface area contributed by atoms with E-state index >= 15 is 0 Å². The molecular weight excluding hydrogens is 258 g/mol. The molecule has 0 aliphatic heterocycles. The quantitative estimate of drug-likeness (QED) is 0.924. The van der Waals surface area contributed by atoms with E-state index in [0.29, 0.717) is 5.15 Å². The van der Waals surface area contributed by atoms with Gasteiger partial charge < -0.3 is 5.32 Å². The Kier molecular flexibility index (Phi) is 4.38. The van der Waals surface area contributed by atoms with Crippen LogP contribution in [0.2, 0.25) is 5.15 Å². The van der Waals surface area contributed by atoms with Crippen LogP contribution < -0.4 is 5.32 Å². The molecule has 1 N–H and O–H groups in total. The van der Waals surface area contributed by atoms with E-state index in [1.54, 1.807) is 0 Å². The first-order valence-corrected chi connectivity index (χ1v) is 6.74. The molecule has 2 rings (SSSR count). The van der Waals surface area contributed by atoms with Gasteiger partial charge in [-0.3, -0.25) is 0 Å². The molecule has 1 aromatic heterocycles. The van der Waals surface area contributed by atoms with Crippen molar-refractivity contribution in [2.24, 2.45) is 0 Å². The van der Waals surface area contributed by atoms with Gasteiger partial charge in [0.1, 0.15) is 0 Å². The van der Waals surface area contributed by atoms with Crippen molar-refractivity contribution in [2.75, 3.05) is 11.9 Å². The fourth-order valence-electron chi connectivity index (χ4n) is 1.94. The molecular formula is C15H18ClN3. The second-order valence-electron chi connectivity index (χ2n) is 4.76. The minimum atomic E-state index is 0.474. The molecule has 1 heterocycles. The minimum Gasteiger partial charge on any atom is -0.368 e. The number of rotatable bonds is 4. The Bertz CT molecular complexity index is 582. The molecule has 1 aromatic carbocycles. The van der Waals surface area contributed by atoms with Gasteiger partial charge in [0, 0.05) is 6.54 Å². The Balaban J connectivity index is 1.98. The van der Waals surface area contributed by atoms with E-state index in [-0.39, 0.29) is 0 Å². The van der Waals surface area contributed by atoms with E-state index in [4.69, 9.17) is 11.6 Å². The van der Waals surface area contributed by atoms with Crippen LogP contribution in [-0.2, 0) is 6.42 Å². The second kappa shape index (κ2) is 6.02. The van der Waals surface area contributed by atoms with Gasteiger partial charge >= 0.3 is 0 Å². The molecule has 2 aromatic rings. The van der Waals surface area contributed by atoms with E-state index in [0.717, 1.165) is 29.9 Å². The third-order valence-corrected chi connectivity index (χ3v) is 3.61. The van der Waals surface area contributed by atoms with Crippen molar-refractivity contribution in [2.45, 2.75) is 27.2 Å². The lowest BCUT2D eigenvalue weighted by atomic mass is 10.1. The standard InChI is InChI=1S/C15H18ClN3/c1-10-5-4-6-13(9-10)7-8-17-15-12(3)11(2)14(16)18-19-15/h4-6,9H,7-8H2,1-3H3,(H,17,19). The number of hydrogen-bond donors (Lipinski definition) is 1. The van der Waals surface area contributed by atoms with Gasteiger partial charge in [-0.15, -0.1) is 10.2 Å². The summed E-state index contributed by atoms with van der Waals surface area (Å²) in [5.74, 6) is 0.814. The first-order chi connectivity index (χ1) is 9.08. The van der Waals surface area contributed by atoms with Gasteiger partial charge in [-0.25, -0.2) is 0 Å². The Hall–Kier alpha value is -1.61. The molecule has 0 atom stereocenters. The van der Waals surface area contributed by atoms with E-state index < -0.39 is 0 Å². The lowest BCUT2D eigenvalue weighted by Gasteiger charge is -2.10. The second-order valence-corrected chi connectivity index (χ2v) is 5.11. The molecule has 0 fully saturated rings. The van der Waals surface area contributed by atoms with Crippen molar-refractivity contribution in [3.63, 3.8) is 0 Å². The van der Waals surface area contributed by atoms with Crippen molar-refractivity contribution < 1.29 is 0 Å². The normalized spacial score (nSPS) is 10.5. The van der Waals surface area contributed by atoms with Crippen LogP contribution in [0.15, 0.2) is 24.3 Å². The maximum absolute atomic E-state index is 5.93. The molecule has 0 aliphatic carbocycles. The minimum absolute atomic E-state index is 0.474. The smallest absolute Gasteiger partial charge is 0.155 e. The largest absolute Gasteiger partial charge is 0.368 e. The number of halogens is 1. The first-order valence-electron chi connectivity index (χ1n) is 6.36. The van der Waals surface area contributed by atoms with Crippen LogP contribution in [0.3, 0.4) is 0 Å². The lowest BCUT2D eigenvalue weighted by molar-refractivity contribution is 0.947. The van der Waals surface area contributed by atoms with Crippen molar-refractivity contribution in [1.29, 1.82) is 0 Å². The molecule has 0 saturated carbocycles. The molecule has 0 bridgehead atoms. The summed E-state index contributed by atoms with van der Waals surface area (Å²) in [7, 11) is 0. The molecule has 0 saturated heterocycles. The van der Waals surface area contributed by atoms with Gasteiger partial charge in [0.15, 0.2) is 11.0 Å². The van der Waals surface area contributed by atoms with E-state index in [9.17, 15) is 0 Å². The molecule has 0 unspecified atom stereocenters. The highest BCUT2D eigenvalue weighted by molar-refractivity contribution is 6.30. The van der Waals surface area contributed by atoms with E-state index in [2.05, 4.69) is 46.7 Å². The Morgan fingerprint density at radius 1 is 1.11 bits per heavy atom. The monoisotopic (exact) mass is 275 g/mol. The van der Waals surface area contributed by atoms with Crippen LogP contribution in [0.1, 0.15) is 22.3 Å². The van der Waals surface area contributed by atoms with Gasteiger partial charge in [-0.2, -0.15) is 0 Å². The number of hydrogen-bond acceptors (Lipinski definition) is 3. The number of aromatic nitrogens is 2. The molecule has 0 radical (unpaired) electrons. The highest BCUT2D eigenvalue weighted by atomic mass is 35.5. The Morgan fingerprint density at radius 2 is 1.89 bits per heavy atom. The van der Waals surface area contributed by atoms with Crippen LogP contribution in [0.5, 0.6) is 0 Å². The summed E-state index contributed by atoms with van der Waals surface area (Å²) in [4.78, 5) is 0. The predicted octanol–water partition coefficient (Wildman–Crippen LogP) is 3.71. The maximum Gasteiger partial charge on any atom is 0.155 e. The van der Waals surface area contributed by atoms with Crippen molar-refractivity contribution in [3.8, 4) is 0 Å². The number of nitrogens with one attached hydrogen (secondary N) is 1. The van der Waals surface area contributed by atoms with Gasteiger partial charge in [-0.05, 0) is 43.9 Å². The van der Waals surface area contributed by atoms with Crippen LogP contribution >= 0.6 is 11.6 Å². The van der Waals surface area contributed by atoms with Crippen molar-refractivity contribution >= 4 is 17.4 Å². The summed E-state index contributed by atoms with van der Waals surface area (Å²) < 4.78 is 0. The number of anilines is 1. The molecule has 3 nitrogen and oxygen atoms in total. The third-order valence-electron chi connectivity index (χ3n) is 3.25. The fourth-order valence-corrected chi connectivity index (χ4v) is 2.12. The number of aryl methyl sites for hydroxylation is 1. The van der Waals surface area contributed by atoms with Crippen molar-refractivity contribution in [3.05, 3.63) is 51.7 Å². The summed E-state index contributed by atoms with van der Waals surface area (Å²) in [5, 5.41) is 11.8. The first kappa shape index (κ1) is 13.8. The summed E-state index contributed by atoms with van der Waals surface area (Å²) in [6, 6.07) is 8.53. The van der Waals surface area contributed by atoms with Crippen LogP contribution in [0, 0.1) is 20.8 Å². The zero-order valence-electron chi connectivity index (χ0n) is 11.5.